The summed E-state index contributed by atoms with van der Waals surface area (Å²) in [6.45, 7) is 1.82. The normalized spacial score (nSPS) is 11.3. The largest absolute Gasteiger partial charge is 0.390 e. The summed E-state index contributed by atoms with van der Waals surface area (Å²) < 4.78 is 3.81. The van der Waals surface area contributed by atoms with Crippen molar-refractivity contribution in [3.8, 4) is 11.3 Å². The quantitative estimate of drug-likeness (QED) is 0.603. The lowest BCUT2D eigenvalue weighted by Gasteiger charge is -2.04. The molecule has 0 saturated carbocycles. The van der Waals surface area contributed by atoms with Crippen molar-refractivity contribution < 1.29 is 5.11 Å². The first kappa shape index (κ1) is 16.5. The van der Waals surface area contributed by atoms with E-state index in [1.165, 1.54) is 0 Å². The minimum absolute atomic E-state index is 0.0662. The number of hydrogen-bond donors (Lipinski definition) is 1. The Morgan fingerprint density at radius 2 is 1.81 bits per heavy atom. The zero-order valence-electron chi connectivity index (χ0n) is 14.9. The summed E-state index contributed by atoms with van der Waals surface area (Å²) in [4.78, 5) is 9.19. The van der Waals surface area contributed by atoms with Crippen molar-refractivity contribution in [2.24, 2.45) is 7.05 Å². The van der Waals surface area contributed by atoms with E-state index >= 15 is 0 Å². The van der Waals surface area contributed by atoms with E-state index < -0.39 is 0 Å². The molecule has 0 atom stereocenters. The third-order valence-electron chi connectivity index (χ3n) is 4.62. The third kappa shape index (κ3) is 2.99. The highest BCUT2D eigenvalue weighted by molar-refractivity contribution is 5.58. The molecule has 0 unspecified atom stereocenters. The highest BCUT2D eigenvalue weighted by atomic mass is 16.3. The molecule has 3 aromatic heterocycles. The Kier molecular flexibility index (Phi) is 4.26. The van der Waals surface area contributed by atoms with Gasteiger partial charge in [-0.15, -0.1) is 0 Å². The van der Waals surface area contributed by atoms with Crippen LogP contribution in [0.4, 0.5) is 0 Å². The van der Waals surface area contributed by atoms with Crippen LogP contribution in [0, 0.1) is 6.92 Å². The van der Waals surface area contributed by atoms with E-state index in [-0.39, 0.29) is 6.61 Å². The number of nitrogens with zero attached hydrogens (tertiary/aromatic N) is 5. The Balaban J connectivity index is 1.56. The molecule has 0 fully saturated rings. The molecule has 26 heavy (non-hydrogen) atoms. The van der Waals surface area contributed by atoms with Crippen LogP contribution in [0.2, 0.25) is 0 Å². The van der Waals surface area contributed by atoms with Crippen molar-refractivity contribution >= 4 is 5.65 Å². The molecule has 1 N–H and O–H groups in total. The predicted octanol–water partition coefficient (Wildman–Crippen LogP) is 2.72. The Bertz CT molecular complexity index is 1050. The first-order valence-corrected chi connectivity index (χ1v) is 8.68. The fourth-order valence-corrected chi connectivity index (χ4v) is 3.17. The van der Waals surface area contributed by atoms with Crippen molar-refractivity contribution in [1.29, 1.82) is 0 Å². The first-order chi connectivity index (χ1) is 12.7. The Labute approximate surface area is 151 Å². The van der Waals surface area contributed by atoms with Crippen LogP contribution in [0.3, 0.4) is 0 Å². The van der Waals surface area contributed by atoms with E-state index in [1.54, 1.807) is 4.52 Å². The predicted molar refractivity (Wildman–Crippen MR) is 99.7 cm³/mol. The number of aliphatic hydroxyl groups is 1. The molecule has 0 aliphatic heterocycles. The second-order valence-electron chi connectivity index (χ2n) is 6.42. The maximum atomic E-state index is 9.54. The van der Waals surface area contributed by atoms with Crippen molar-refractivity contribution in [3.05, 3.63) is 71.6 Å². The van der Waals surface area contributed by atoms with Crippen molar-refractivity contribution in [3.63, 3.8) is 0 Å². The third-order valence-corrected chi connectivity index (χ3v) is 4.62. The number of fused-ring (bicyclic) bond motifs is 1. The SMILES string of the molecule is Cc1nc2ccc(CCc3nc(-c4ccccc4)cn3C)nn2c1CO. The van der Waals surface area contributed by atoms with Gasteiger partial charge in [0.15, 0.2) is 5.65 Å². The molecule has 0 saturated heterocycles. The van der Waals surface area contributed by atoms with E-state index in [0.717, 1.165) is 52.7 Å². The van der Waals surface area contributed by atoms with E-state index in [9.17, 15) is 5.11 Å². The van der Waals surface area contributed by atoms with Gasteiger partial charge in [-0.25, -0.2) is 14.5 Å². The van der Waals surface area contributed by atoms with Crippen molar-refractivity contribution in [2.75, 3.05) is 0 Å². The van der Waals surface area contributed by atoms with Gasteiger partial charge < -0.3 is 9.67 Å². The molecule has 0 radical (unpaired) electrons. The molecule has 4 aromatic rings. The molecular weight excluding hydrogens is 326 g/mol. The van der Waals surface area contributed by atoms with Crippen LogP contribution in [0.25, 0.3) is 16.9 Å². The van der Waals surface area contributed by atoms with E-state index in [1.807, 2.05) is 44.3 Å². The van der Waals surface area contributed by atoms with Crippen molar-refractivity contribution in [1.82, 2.24) is 24.1 Å². The summed E-state index contributed by atoms with van der Waals surface area (Å²) in [5, 5.41) is 14.2. The standard InChI is InChI=1S/C20H21N5O/c1-14-18(13-26)25-20(21-14)11-9-16(23-25)8-10-19-22-17(12-24(19)2)15-6-4-3-5-7-15/h3-7,9,11-12,26H,8,10,13H2,1-2H3. The number of hydrogen-bond acceptors (Lipinski definition) is 4. The number of rotatable bonds is 5. The molecule has 0 amide bonds. The number of aryl methyl sites for hydroxylation is 4. The number of aromatic nitrogens is 5. The Morgan fingerprint density at radius 3 is 2.58 bits per heavy atom. The second-order valence-corrected chi connectivity index (χ2v) is 6.42. The van der Waals surface area contributed by atoms with E-state index in [4.69, 9.17) is 4.98 Å². The van der Waals surface area contributed by atoms with Crippen LogP contribution in [-0.2, 0) is 26.5 Å². The molecule has 0 bridgehead atoms. The Hall–Kier alpha value is -2.99. The minimum Gasteiger partial charge on any atom is -0.390 e. The van der Waals surface area contributed by atoms with E-state index in [0.29, 0.717) is 0 Å². The monoisotopic (exact) mass is 347 g/mol. The van der Waals surface area contributed by atoms with Crippen LogP contribution in [-0.4, -0.2) is 29.3 Å². The molecule has 0 aliphatic rings. The van der Waals surface area contributed by atoms with Gasteiger partial charge in [0.2, 0.25) is 0 Å². The molecule has 6 nitrogen and oxygen atoms in total. The zero-order chi connectivity index (χ0) is 18.1. The maximum Gasteiger partial charge on any atom is 0.154 e. The fraction of sp³-hybridized carbons (Fsp3) is 0.250. The van der Waals surface area contributed by atoms with Crippen LogP contribution in [0.1, 0.15) is 22.9 Å². The van der Waals surface area contributed by atoms with Crippen LogP contribution < -0.4 is 0 Å². The average molecular weight is 347 g/mol. The number of benzene rings is 1. The molecule has 132 valence electrons. The van der Waals surface area contributed by atoms with Crippen LogP contribution in [0.5, 0.6) is 0 Å². The van der Waals surface area contributed by atoms with Crippen LogP contribution >= 0.6 is 0 Å². The van der Waals surface area contributed by atoms with E-state index in [2.05, 4.69) is 33.0 Å². The van der Waals surface area contributed by atoms with Gasteiger partial charge in [-0.3, -0.25) is 0 Å². The molecular formula is C20H21N5O. The number of aliphatic hydroxyl groups excluding tert-OH is 1. The van der Waals surface area contributed by atoms with Gasteiger partial charge in [0.25, 0.3) is 0 Å². The molecule has 3 heterocycles. The van der Waals surface area contributed by atoms with Gasteiger partial charge in [0.1, 0.15) is 5.82 Å². The highest BCUT2D eigenvalue weighted by Gasteiger charge is 2.11. The first-order valence-electron chi connectivity index (χ1n) is 8.68. The summed E-state index contributed by atoms with van der Waals surface area (Å²) in [5.41, 5.74) is 5.38. The lowest BCUT2D eigenvalue weighted by atomic mass is 10.2. The van der Waals surface area contributed by atoms with Gasteiger partial charge >= 0.3 is 0 Å². The summed E-state index contributed by atoms with van der Waals surface area (Å²) in [6, 6.07) is 14.1. The van der Waals surface area contributed by atoms with Gasteiger partial charge in [-0.2, -0.15) is 5.10 Å². The number of imidazole rings is 2. The van der Waals surface area contributed by atoms with Gasteiger partial charge in [-0.05, 0) is 25.5 Å². The summed E-state index contributed by atoms with van der Waals surface area (Å²) in [7, 11) is 2.02. The van der Waals surface area contributed by atoms with Gasteiger partial charge in [0, 0.05) is 25.2 Å². The molecule has 1 aromatic carbocycles. The van der Waals surface area contributed by atoms with Crippen LogP contribution in [0.15, 0.2) is 48.7 Å². The maximum absolute atomic E-state index is 9.54. The smallest absolute Gasteiger partial charge is 0.154 e. The highest BCUT2D eigenvalue weighted by Crippen LogP contribution is 2.18. The summed E-state index contributed by atoms with van der Waals surface area (Å²) in [5.74, 6) is 1.02. The lowest BCUT2D eigenvalue weighted by Crippen LogP contribution is -2.05. The van der Waals surface area contributed by atoms with Gasteiger partial charge in [-0.1, -0.05) is 30.3 Å². The topological polar surface area (TPSA) is 68.2 Å². The molecule has 6 heteroatoms. The molecule has 0 aliphatic carbocycles. The Morgan fingerprint density at radius 1 is 1.00 bits per heavy atom. The average Bonchev–Trinajstić information content (AvgIpc) is 3.19. The molecule has 0 spiro atoms. The zero-order valence-corrected chi connectivity index (χ0v) is 14.9. The lowest BCUT2D eigenvalue weighted by molar-refractivity contribution is 0.273. The van der Waals surface area contributed by atoms with Crippen molar-refractivity contribution in [2.45, 2.75) is 26.4 Å². The van der Waals surface area contributed by atoms with Gasteiger partial charge in [0.05, 0.1) is 29.4 Å². The summed E-state index contributed by atoms with van der Waals surface area (Å²) >= 11 is 0. The second kappa shape index (κ2) is 6.72. The fourth-order valence-electron chi connectivity index (χ4n) is 3.17. The minimum atomic E-state index is -0.0662. The summed E-state index contributed by atoms with van der Waals surface area (Å²) in [6.07, 6.45) is 3.63. The molecule has 4 rings (SSSR count).